The molecule has 3 aromatic rings. The Kier molecular flexibility index (Phi) is 6.98. The predicted octanol–water partition coefficient (Wildman–Crippen LogP) is 4.19. The summed E-state index contributed by atoms with van der Waals surface area (Å²) in [6.45, 7) is 1.27. The van der Waals surface area contributed by atoms with Gasteiger partial charge in [0.1, 0.15) is 29.7 Å². The van der Waals surface area contributed by atoms with Gasteiger partial charge in [-0.15, -0.1) is 0 Å². The van der Waals surface area contributed by atoms with Crippen LogP contribution in [-0.2, 0) is 23.1 Å². The van der Waals surface area contributed by atoms with Crippen molar-refractivity contribution < 1.29 is 27.4 Å². The zero-order valence-corrected chi connectivity index (χ0v) is 21.4. The molecule has 2 aromatic carbocycles. The third-order valence-corrected chi connectivity index (χ3v) is 6.99. The molecule has 1 fully saturated rings. The van der Waals surface area contributed by atoms with Gasteiger partial charge < -0.3 is 19.1 Å². The van der Waals surface area contributed by atoms with Crippen LogP contribution in [0.1, 0.15) is 29.5 Å². The lowest BCUT2D eigenvalue weighted by Gasteiger charge is -2.25. The molecule has 2 aliphatic rings. The van der Waals surface area contributed by atoms with Gasteiger partial charge in [-0.2, -0.15) is 23.4 Å². The SMILES string of the molecule is COCCOc1cc2c(cc1C#N)c(N1CCOCc3c(C#CC4(C(F)(F)F)CC4)cccc31)nc(=O)n2C. The van der Waals surface area contributed by atoms with E-state index in [4.69, 9.17) is 14.2 Å². The summed E-state index contributed by atoms with van der Waals surface area (Å²) >= 11 is 0. The molecule has 1 aliphatic carbocycles. The number of aromatic nitrogens is 2. The molecular formula is C28H25F3N4O4. The number of hydrogen-bond donors (Lipinski definition) is 0. The van der Waals surface area contributed by atoms with Crippen LogP contribution in [0, 0.1) is 28.6 Å². The maximum Gasteiger partial charge on any atom is 0.405 e. The molecule has 0 radical (unpaired) electrons. The maximum absolute atomic E-state index is 13.5. The lowest BCUT2D eigenvalue weighted by atomic mass is 10.0. The van der Waals surface area contributed by atoms with E-state index >= 15 is 0 Å². The Bertz CT molecular complexity index is 1590. The minimum absolute atomic E-state index is 0.0111. The molecule has 8 nitrogen and oxygen atoms in total. The normalized spacial score (nSPS) is 16.1. The highest BCUT2D eigenvalue weighted by atomic mass is 19.4. The van der Waals surface area contributed by atoms with Crippen molar-refractivity contribution in [3.8, 4) is 23.7 Å². The highest BCUT2D eigenvalue weighted by molar-refractivity contribution is 5.94. The van der Waals surface area contributed by atoms with Gasteiger partial charge in [0.15, 0.2) is 0 Å². The number of nitrogens with zero attached hydrogens (tertiary/aromatic N) is 4. The quantitative estimate of drug-likeness (QED) is 0.356. The molecule has 1 saturated carbocycles. The monoisotopic (exact) mass is 538 g/mol. The zero-order valence-electron chi connectivity index (χ0n) is 21.4. The van der Waals surface area contributed by atoms with Gasteiger partial charge in [0.05, 0.1) is 30.9 Å². The fourth-order valence-corrected chi connectivity index (χ4v) is 4.56. The number of ether oxygens (including phenoxy) is 3. The van der Waals surface area contributed by atoms with E-state index in [1.54, 1.807) is 42.3 Å². The molecule has 11 heteroatoms. The van der Waals surface area contributed by atoms with Crippen LogP contribution in [0.25, 0.3) is 10.9 Å². The summed E-state index contributed by atoms with van der Waals surface area (Å²) in [4.78, 5) is 19.1. The summed E-state index contributed by atoms with van der Waals surface area (Å²) in [5, 5.41) is 10.3. The third kappa shape index (κ3) is 4.91. The molecule has 5 rings (SSSR count). The van der Waals surface area contributed by atoms with Gasteiger partial charge >= 0.3 is 11.9 Å². The van der Waals surface area contributed by atoms with Gasteiger partial charge in [-0.05, 0) is 31.0 Å². The van der Waals surface area contributed by atoms with Crippen LogP contribution in [0.3, 0.4) is 0 Å². The molecule has 0 bridgehead atoms. The second kappa shape index (κ2) is 10.3. The molecule has 1 aliphatic heterocycles. The molecule has 0 unspecified atom stereocenters. The van der Waals surface area contributed by atoms with Crippen molar-refractivity contribution in [2.24, 2.45) is 12.5 Å². The number of alkyl halides is 3. The first-order valence-corrected chi connectivity index (χ1v) is 12.3. The summed E-state index contributed by atoms with van der Waals surface area (Å²) in [6, 6.07) is 10.5. The Morgan fingerprint density at radius 3 is 2.69 bits per heavy atom. The fourth-order valence-electron chi connectivity index (χ4n) is 4.56. The number of hydrogen-bond acceptors (Lipinski definition) is 7. The van der Waals surface area contributed by atoms with Gasteiger partial charge in [-0.1, -0.05) is 17.9 Å². The smallest absolute Gasteiger partial charge is 0.405 e. The van der Waals surface area contributed by atoms with E-state index in [-0.39, 0.29) is 38.2 Å². The summed E-state index contributed by atoms with van der Waals surface area (Å²) in [7, 11) is 3.12. The number of benzene rings is 2. The van der Waals surface area contributed by atoms with Crippen molar-refractivity contribution in [1.82, 2.24) is 9.55 Å². The number of nitriles is 1. The van der Waals surface area contributed by atoms with Crippen LogP contribution in [0.15, 0.2) is 35.1 Å². The Morgan fingerprint density at radius 2 is 2.00 bits per heavy atom. The summed E-state index contributed by atoms with van der Waals surface area (Å²) in [6.07, 6.45) is -4.41. The highest BCUT2D eigenvalue weighted by Crippen LogP contribution is 2.57. The van der Waals surface area contributed by atoms with E-state index in [1.165, 1.54) is 11.7 Å². The van der Waals surface area contributed by atoms with E-state index in [9.17, 15) is 23.2 Å². The molecule has 0 N–H and O–H groups in total. The van der Waals surface area contributed by atoms with Crippen molar-refractivity contribution in [1.29, 1.82) is 5.26 Å². The van der Waals surface area contributed by atoms with Crippen molar-refractivity contribution in [2.75, 3.05) is 38.4 Å². The third-order valence-electron chi connectivity index (χ3n) is 6.99. The van der Waals surface area contributed by atoms with Gasteiger partial charge in [0, 0.05) is 49.0 Å². The van der Waals surface area contributed by atoms with E-state index in [0.29, 0.717) is 52.4 Å². The van der Waals surface area contributed by atoms with Gasteiger partial charge in [0.25, 0.3) is 0 Å². The van der Waals surface area contributed by atoms with Crippen molar-refractivity contribution in [3.05, 3.63) is 57.5 Å². The Labute approximate surface area is 222 Å². The van der Waals surface area contributed by atoms with Crippen molar-refractivity contribution in [2.45, 2.75) is 25.6 Å². The van der Waals surface area contributed by atoms with Crippen LogP contribution in [0.4, 0.5) is 24.7 Å². The first-order valence-electron chi connectivity index (χ1n) is 12.3. The van der Waals surface area contributed by atoms with Crippen LogP contribution in [0.5, 0.6) is 5.75 Å². The predicted molar refractivity (Wildman–Crippen MR) is 137 cm³/mol. The molecule has 39 heavy (non-hydrogen) atoms. The molecular weight excluding hydrogens is 513 g/mol. The Hall–Kier alpha value is -4.06. The summed E-state index contributed by atoms with van der Waals surface area (Å²) in [5.41, 5.74) is -0.0642. The molecule has 1 aromatic heterocycles. The number of aryl methyl sites for hydroxylation is 1. The zero-order chi connectivity index (χ0) is 27.8. The number of rotatable bonds is 5. The number of methoxy groups -OCH3 is 1. The summed E-state index contributed by atoms with van der Waals surface area (Å²) in [5.74, 6) is 5.83. The Morgan fingerprint density at radius 1 is 1.21 bits per heavy atom. The van der Waals surface area contributed by atoms with E-state index in [2.05, 4.69) is 22.9 Å². The lowest BCUT2D eigenvalue weighted by molar-refractivity contribution is -0.168. The van der Waals surface area contributed by atoms with Crippen molar-refractivity contribution >= 4 is 22.4 Å². The number of halogens is 3. The van der Waals surface area contributed by atoms with Crippen LogP contribution < -0.4 is 15.3 Å². The van der Waals surface area contributed by atoms with Crippen LogP contribution in [0.2, 0.25) is 0 Å². The van der Waals surface area contributed by atoms with Crippen molar-refractivity contribution in [3.63, 3.8) is 0 Å². The summed E-state index contributed by atoms with van der Waals surface area (Å²) < 4.78 is 58.3. The average molecular weight is 539 g/mol. The number of anilines is 2. The second-order valence-corrected chi connectivity index (χ2v) is 9.43. The highest BCUT2D eigenvalue weighted by Gasteiger charge is 2.62. The topological polar surface area (TPSA) is 89.6 Å². The van der Waals surface area contributed by atoms with E-state index in [0.717, 1.165) is 0 Å². The second-order valence-electron chi connectivity index (χ2n) is 9.43. The molecule has 0 spiro atoms. The van der Waals surface area contributed by atoms with Crippen LogP contribution >= 0.6 is 0 Å². The average Bonchev–Trinajstić information content (AvgIpc) is 3.74. The molecule has 0 atom stereocenters. The first kappa shape index (κ1) is 26.5. The molecule has 0 saturated heterocycles. The lowest BCUT2D eigenvalue weighted by Crippen LogP contribution is -2.28. The fraction of sp³-hybridized carbons (Fsp3) is 0.393. The van der Waals surface area contributed by atoms with Gasteiger partial charge in [-0.25, -0.2) is 4.79 Å². The first-order chi connectivity index (χ1) is 18.7. The maximum atomic E-state index is 13.5. The minimum Gasteiger partial charge on any atom is -0.490 e. The molecule has 2 heterocycles. The minimum atomic E-state index is -4.38. The van der Waals surface area contributed by atoms with E-state index in [1.807, 2.05) is 0 Å². The standard InChI is InChI=1S/C28H25F3N4O4/c1-34-23-15-24(39-13-12-37-2)19(16-32)14-20(23)25(33-26(34)36)35-10-11-38-17-21-18(4-3-5-22(21)35)6-7-27(8-9-27)28(29,30)31/h3-5,14-15H,8-13,17H2,1-2H3. The van der Waals surface area contributed by atoms with E-state index < -0.39 is 17.3 Å². The molecule has 202 valence electrons. The molecule has 0 amide bonds. The largest absolute Gasteiger partial charge is 0.490 e. The van der Waals surface area contributed by atoms with Crippen LogP contribution in [-0.4, -0.2) is 49.2 Å². The Balaban J connectivity index is 1.64. The number of fused-ring (bicyclic) bond motifs is 2. The van der Waals surface area contributed by atoms with Gasteiger partial charge in [-0.3, -0.25) is 4.57 Å². The van der Waals surface area contributed by atoms with Gasteiger partial charge in [0.2, 0.25) is 0 Å².